The van der Waals surface area contributed by atoms with Crippen molar-refractivity contribution in [3.63, 3.8) is 0 Å². The second-order valence-electron chi connectivity index (χ2n) is 6.64. The van der Waals surface area contributed by atoms with Crippen molar-refractivity contribution in [2.24, 2.45) is 0 Å². The molecule has 2 saturated heterocycles. The Labute approximate surface area is 149 Å². The molecule has 3 rings (SSSR count). The van der Waals surface area contributed by atoms with Crippen LogP contribution in [0.4, 0.5) is 0 Å². The molecule has 6 heteroatoms. The molecule has 2 fully saturated rings. The minimum absolute atomic E-state index is 0.0596. The third kappa shape index (κ3) is 4.93. The fourth-order valence-electron chi connectivity index (χ4n) is 3.50. The molecule has 2 heterocycles. The Hall–Kier alpha value is -1.63. The molecule has 1 atom stereocenters. The van der Waals surface area contributed by atoms with Crippen LogP contribution in [0.2, 0.25) is 0 Å². The van der Waals surface area contributed by atoms with Gasteiger partial charge in [0.2, 0.25) is 0 Å². The van der Waals surface area contributed by atoms with Crippen molar-refractivity contribution in [1.29, 1.82) is 0 Å². The molecule has 1 aromatic rings. The van der Waals surface area contributed by atoms with E-state index in [-0.39, 0.29) is 11.9 Å². The number of piperidine rings is 1. The number of amides is 1. The largest absolute Gasteiger partial charge is 0.490 e. The van der Waals surface area contributed by atoms with Crippen molar-refractivity contribution in [2.75, 3.05) is 46.6 Å². The summed E-state index contributed by atoms with van der Waals surface area (Å²) in [6.07, 6.45) is 3.09. The molecule has 0 bridgehead atoms. The highest BCUT2D eigenvalue weighted by atomic mass is 16.5. The molecule has 1 amide bonds. The molecule has 1 N–H and O–H groups in total. The number of para-hydroxylation sites is 1. The van der Waals surface area contributed by atoms with Crippen molar-refractivity contribution in [3.05, 3.63) is 29.8 Å². The van der Waals surface area contributed by atoms with Crippen LogP contribution in [0.15, 0.2) is 24.3 Å². The number of carbonyl (C=O) groups excluding carboxylic acids is 1. The van der Waals surface area contributed by atoms with Crippen LogP contribution in [0.1, 0.15) is 29.6 Å². The molecule has 0 saturated carbocycles. The third-order valence-corrected chi connectivity index (χ3v) is 4.96. The summed E-state index contributed by atoms with van der Waals surface area (Å²) in [4.78, 5) is 15.1. The Morgan fingerprint density at radius 2 is 2.04 bits per heavy atom. The maximum absolute atomic E-state index is 12.6. The first kappa shape index (κ1) is 18.2. The first-order valence-electron chi connectivity index (χ1n) is 9.11. The number of hydrogen-bond donors (Lipinski definition) is 1. The van der Waals surface area contributed by atoms with Gasteiger partial charge in [0, 0.05) is 38.9 Å². The number of rotatable bonds is 7. The van der Waals surface area contributed by atoms with Gasteiger partial charge >= 0.3 is 0 Å². The number of likely N-dealkylation sites (tertiary alicyclic amines) is 1. The maximum Gasteiger partial charge on any atom is 0.255 e. The highest BCUT2D eigenvalue weighted by Crippen LogP contribution is 2.21. The number of carbonyl (C=O) groups is 1. The van der Waals surface area contributed by atoms with E-state index in [1.807, 2.05) is 24.3 Å². The lowest BCUT2D eigenvalue weighted by molar-refractivity contribution is 0.0869. The first-order chi connectivity index (χ1) is 12.3. The van der Waals surface area contributed by atoms with Gasteiger partial charge < -0.3 is 19.5 Å². The molecule has 6 nitrogen and oxygen atoms in total. The smallest absolute Gasteiger partial charge is 0.255 e. The molecule has 2 aliphatic rings. The van der Waals surface area contributed by atoms with Crippen molar-refractivity contribution >= 4 is 5.91 Å². The van der Waals surface area contributed by atoms with Gasteiger partial charge in [-0.25, -0.2) is 0 Å². The zero-order valence-electron chi connectivity index (χ0n) is 14.9. The van der Waals surface area contributed by atoms with Gasteiger partial charge in [-0.3, -0.25) is 9.69 Å². The average molecular weight is 348 g/mol. The summed E-state index contributed by atoms with van der Waals surface area (Å²) in [6.45, 7) is 4.70. The normalized spacial score (nSPS) is 22.0. The topological polar surface area (TPSA) is 60.0 Å². The predicted octanol–water partition coefficient (Wildman–Crippen LogP) is 1.69. The third-order valence-electron chi connectivity index (χ3n) is 4.96. The van der Waals surface area contributed by atoms with E-state index < -0.39 is 0 Å². The average Bonchev–Trinajstić information content (AvgIpc) is 3.18. The van der Waals surface area contributed by atoms with Crippen LogP contribution >= 0.6 is 0 Å². The number of hydrogen-bond acceptors (Lipinski definition) is 5. The summed E-state index contributed by atoms with van der Waals surface area (Å²) in [5, 5.41) is 3.17. The number of methoxy groups -OCH3 is 1. The summed E-state index contributed by atoms with van der Waals surface area (Å²) in [6, 6.07) is 8.15. The molecule has 138 valence electrons. The van der Waals surface area contributed by atoms with Crippen LogP contribution in [0.5, 0.6) is 5.75 Å². The monoisotopic (exact) mass is 348 g/mol. The summed E-state index contributed by atoms with van der Waals surface area (Å²) in [7, 11) is 1.63. The molecule has 2 aliphatic heterocycles. The highest BCUT2D eigenvalue weighted by Gasteiger charge is 2.28. The molecule has 0 spiro atoms. The van der Waals surface area contributed by atoms with E-state index in [9.17, 15) is 4.79 Å². The van der Waals surface area contributed by atoms with E-state index in [1.54, 1.807) is 7.11 Å². The van der Waals surface area contributed by atoms with Crippen LogP contribution in [0.25, 0.3) is 0 Å². The van der Waals surface area contributed by atoms with E-state index in [0.29, 0.717) is 30.6 Å². The first-order valence-corrected chi connectivity index (χ1v) is 9.11. The number of benzene rings is 1. The summed E-state index contributed by atoms with van der Waals surface area (Å²) < 4.78 is 16.1. The zero-order chi connectivity index (χ0) is 17.5. The molecular formula is C19H28N2O4. The van der Waals surface area contributed by atoms with Gasteiger partial charge in [0.05, 0.1) is 18.8 Å². The summed E-state index contributed by atoms with van der Waals surface area (Å²) >= 11 is 0. The number of nitrogens with one attached hydrogen (secondary N) is 1. The van der Waals surface area contributed by atoms with Gasteiger partial charge in [0.25, 0.3) is 5.91 Å². The van der Waals surface area contributed by atoms with Gasteiger partial charge in [0.1, 0.15) is 12.4 Å². The highest BCUT2D eigenvalue weighted by molar-refractivity contribution is 5.97. The second kappa shape index (κ2) is 9.17. The molecular weight excluding hydrogens is 320 g/mol. The van der Waals surface area contributed by atoms with E-state index in [0.717, 1.165) is 45.6 Å². The van der Waals surface area contributed by atoms with Crippen molar-refractivity contribution in [2.45, 2.75) is 31.3 Å². The fraction of sp³-hybridized carbons (Fsp3) is 0.632. The van der Waals surface area contributed by atoms with E-state index in [1.165, 1.54) is 0 Å². The Balaban J connectivity index is 1.51. The standard InChI is InChI=1S/C19H28N2O4/c1-23-12-13-25-18-5-3-2-4-17(18)19(22)20-15-6-9-21(10-7-15)16-8-11-24-14-16/h2-5,15-16H,6-14H2,1H3,(H,20,22). The lowest BCUT2D eigenvalue weighted by Crippen LogP contribution is -2.48. The molecule has 0 aliphatic carbocycles. The van der Waals surface area contributed by atoms with Crippen LogP contribution in [-0.2, 0) is 9.47 Å². The van der Waals surface area contributed by atoms with Gasteiger partial charge in [-0.15, -0.1) is 0 Å². The van der Waals surface area contributed by atoms with Crippen LogP contribution in [0, 0.1) is 0 Å². The van der Waals surface area contributed by atoms with E-state index in [2.05, 4.69) is 10.2 Å². The van der Waals surface area contributed by atoms with Crippen LogP contribution in [0.3, 0.4) is 0 Å². The maximum atomic E-state index is 12.6. The lowest BCUT2D eigenvalue weighted by Gasteiger charge is -2.35. The van der Waals surface area contributed by atoms with Crippen LogP contribution in [-0.4, -0.2) is 69.5 Å². The minimum atomic E-state index is -0.0596. The Morgan fingerprint density at radius 3 is 2.76 bits per heavy atom. The minimum Gasteiger partial charge on any atom is -0.490 e. The second-order valence-corrected chi connectivity index (χ2v) is 6.64. The van der Waals surface area contributed by atoms with E-state index in [4.69, 9.17) is 14.2 Å². The SMILES string of the molecule is COCCOc1ccccc1C(=O)NC1CCN(C2CCOC2)CC1. The predicted molar refractivity (Wildman–Crippen MR) is 95.1 cm³/mol. The van der Waals surface area contributed by atoms with E-state index >= 15 is 0 Å². The molecule has 1 aromatic carbocycles. The van der Waals surface area contributed by atoms with Gasteiger partial charge in [0.15, 0.2) is 0 Å². The molecule has 1 unspecified atom stereocenters. The molecule has 0 radical (unpaired) electrons. The molecule has 25 heavy (non-hydrogen) atoms. The molecule has 0 aromatic heterocycles. The zero-order valence-corrected chi connectivity index (χ0v) is 14.9. The van der Waals surface area contributed by atoms with Gasteiger partial charge in [-0.05, 0) is 31.4 Å². The van der Waals surface area contributed by atoms with Crippen molar-refractivity contribution < 1.29 is 19.0 Å². The van der Waals surface area contributed by atoms with Crippen molar-refractivity contribution in [1.82, 2.24) is 10.2 Å². The van der Waals surface area contributed by atoms with Gasteiger partial charge in [-0.2, -0.15) is 0 Å². The fourth-order valence-corrected chi connectivity index (χ4v) is 3.50. The quantitative estimate of drug-likeness (QED) is 0.760. The number of ether oxygens (including phenoxy) is 3. The van der Waals surface area contributed by atoms with Gasteiger partial charge in [-0.1, -0.05) is 12.1 Å². The Morgan fingerprint density at radius 1 is 1.24 bits per heavy atom. The number of nitrogens with zero attached hydrogens (tertiary/aromatic N) is 1. The summed E-state index contributed by atoms with van der Waals surface area (Å²) in [5.74, 6) is 0.549. The lowest BCUT2D eigenvalue weighted by atomic mass is 10.0. The van der Waals surface area contributed by atoms with Crippen molar-refractivity contribution in [3.8, 4) is 5.75 Å². The summed E-state index contributed by atoms with van der Waals surface area (Å²) in [5.41, 5.74) is 0.588. The Bertz CT molecular complexity index is 552. The van der Waals surface area contributed by atoms with Crippen LogP contribution < -0.4 is 10.1 Å². The Kier molecular flexibility index (Phi) is 6.67.